The second kappa shape index (κ2) is 4.45. The van der Waals surface area contributed by atoms with Gasteiger partial charge in [-0.25, -0.2) is 0 Å². The van der Waals surface area contributed by atoms with Crippen molar-refractivity contribution in [1.29, 1.82) is 0 Å². The van der Waals surface area contributed by atoms with Gasteiger partial charge < -0.3 is 0 Å². The summed E-state index contributed by atoms with van der Waals surface area (Å²) in [6.07, 6.45) is 9.36. The van der Waals surface area contributed by atoms with Gasteiger partial charge in [0.2, 0.25) is 0 Å². The van der Waals surface area contributed by atoms with Gasteiger partial charge in [0.15, 0.2) is 0 Å². The molecular weight excluding hydrogens is 272 g/mol. The van der Waals surface area contributed by atoms with Crippen molar-refractivity contribution in [1.82, 2.24) is 0 Å². The molecule has 4 rings (SSSR count). The SMILES string of the molecule is C[C@]12CC[C@@H]3[C@H]4CCC(=O)[C@@]4(C)CC[C@H]3[C@@]1(C)CCC(=O)C2. The maximum atomic E-state index is 12.4. The zero-order valence-corrected chi connectivity index (χ0v) is 14.4. The molecule has 2 heteroatoms. The Labute approximate surface area is 134 Å². The van der Waals surface area contributed by atoms with Gasteiger partial charge >= 0.3 is 0 Å². The molecule has 0 radical (unpaired) electrons. The lowest BCUT2D eigenvalue weighted by Crippen LogP contribution is -2.57. The molecule has 4 aliphatic rings. The van der Waals surface area contributed by atoms with Crippen LogP contribution in [0.4, 0.5) is 0 Å². The van der Waals surface area contributed by atoms with E-state index >= 15 is 0 Å². The molecular formula is C20H30O2. The monoisotopic (exact) mass is 302 g/mol. The number of rotatable bonds is 0. The van der Waals surface area contributed by atoms with Crippen LogP contribution in [0.15, 0.2) is 0 Å². The zero-order valence-electron chi connectivity index (χ0n) is 14.4. The molecule has 0 amide bonds. The van der Waals surface area contributed by atoms with Gasteiger partial charge in [-0.1, -0.05) is 20.8 Å². The van der Waals surface area contributed by atoms with Crippen molar-refractivity contribution in [2.75, 3.05) is 0 Å². The van der Waals surface area contributed by atoms with E-state index in [1.165, 1.54) is 19.3 Å². The maximum absolute atomic E-state index is 12.4. The first-order valence-electron chi connectivity index (χ1n) is 9.35. The van der Waals surface area contributed by atoms with Gasteiger partial charge in [-0.2, -0.15) is 0 Å². The highest BCUT2D eigenvalue weighted by Crippen LogP contribution is 2.68. The highest BCUT2D eigenvalue weighted by Gasteiger charge is 2.63. The van der Waals surface area contributed by atoms with Crippen LogP contribution in [-0.2, 0) is 9.59 Å². The third kappa shape index (κ3) is 1.67. The molecule has 0 aliphatic heterocycles. The van der Waals surface area contributed by atoms with Crippen molar-refractivity contribution < 1.29 is 9.59 Å². The molecule has 122 valence electrons. The molecule has 0 bridgehead atoms. The van der Waals surface area contributed by atoms with Gasteiger partial charge in [-0.05, 0) is 67.1 Å². The second-order valence-corrected chi connectivity index (χ2v) is 9.53. The highest BCUT2D eigenvalue weighted by molar-refractivity contribution is 5.87. The average Bonchev–Trinajstić information content (AvgIpc) is 2.76. The summed E-state index contributed by atoms with van der Waals surface area (Å²) in [5.41, 5.74) is 0.506. The summed E-state index contributed by atoms with van der Waals surface area (Å²) in [4.78, 5) is 24.5. The topological polar surface area (TPSA) is 34.1 Å². The van der Waals surface area contributed by atoms with E-state index in [0.717, 1.165) is 50.4 Å². The fourth-order valence-corrected chi connectivity index (χ4v) is 7.17. The number of fused-ring (bicyclic) bond motifs is 5. The van der Waals surface area contributed by atoms with Gasteiger partial charge in [0, 0.05) is 24.7 Å². The Morgan fingerprint density at radius 2 is 1.64 bits per heavy atom. The van der Waals surface area contributed by atoms with Crippen LogP contribution in [-0.4, -0.2) is 11.6 Å². The summed E-state index contributed by atoms with van der Waals surface area (Å²) in [5, 5.41) is 0. The summed E-state index contributed by atoms with van der Waals surface area (Å²) in [7, 11) is 0. The maximum Gasteiger partial charge on any atom is 0.139 e. The smallest absolute Gasteiger partial charge is 0.139 e. The Balaban J connectivity index is 1.69. The normalized spacial score (nSPS) is 54.6. The number of Topliss-reactive ketones (excluding diaryl/α,β-unsaturated/α-hetero) is 2. The van der Waals surface area contributed by atoms with E-state index in [1.807, 2.05) is 0 Å². The molecule has 0 heterocycles. The summed E-state index contributed by atoms with van der Waals surface area (Å²) in [5.74, 6) is 3.11. The molecule has 4 aliphatic carbocycles. The Bertz CT molecular complexity index is 538. The molecule has 0 unspecified atom stereocenters. The van der Waals surface area contributed by atoms with Crippen LogP contribution in [0.3, 0.4) is 0 Å². The van der Waals surface area contributed by atoms with Crippen LogP contribution in [0, 0.1) is 34.0 Å². The summed E-state index contributed by atoms with van der Waals surface area (Å²) >= 11 is 0. The molecule has 0 aromatic rings. The minimum absolute atomic E-state index is 0.0181. The summed E-state index contributed by atoms with van der Waals surface area (Å²) < 4.78 is 0. The molecule has 0 N–H and O–H groups in total. The van der Waals surface area contributed by atoms with Crippen LogP contribution < -0.4 is 0 Å². The van der Waals surface area contributed by atoms with Crippen LogP contribution in [0.5, 0.6) is 0 Å². The number of hydrogen-bond acceptors (Lipinski definition) is 2. The molecule has 4 saturated carbocycles. The second-order valence-electron chi connectivity index (χ2n) is 9.53. The Morgan fingerprint density at radius 3 is 2.41 bits per heavy atom. The van der Waals surface area contributed by atoms with E-state index in [2.05, 4.69) is 20.8 Å². The first-order valence-corrected chi connectivity index (χ1v) is 9.35. The van der Waals surface area contributed by atoms with E-state index in [4.69, 9.17) is 0 Å². The Hall–Kier alpha value is -0.660. The number of carbonyl (C=O) groups is 2. The van der Waals surface area contributed by atoms with Crippen molar-refractivity contribution in [2.24, 2.45) is 34.0 Å². The minimum atomic E-state index is -0.0181. The van der Waals surface area contributed by atoms with Crippen molar-refractivity contribution in [3.8, 4) is 0 Å². The van der Waals surface area contributed by atoms with Crippen molar-refractivity contribution in [3.05, 3.63) is 0 Å². The fraction of sp³-hybridized carbons (Fsp3) is 0.900. The molecule has 0 aromatic heterocycles. The predicted octanol–water partition coefficient (Wildman–Crippen LogP) is 4.56. The minimum Gasteiger partial charge on any atom is -0.300 e. The molecule has 22 heavy (non-hydrogen) atoms. The zero-order chi connectivity index (χ0) is 15.8. The van der Waals surface area contributed by atoms with Crippen LogP contribution in [0.25, 0.3) is 0 Å². The van der Waals surface area contributed by atoms with Gasteiger partial charge in [0.25, 0.3) is 0 Å². The van der Waals surface area contributed by atoms with Crippen molar-refractivity contribution in [2.45, 2.75) is 78.6 Å². The largest absolute Gasteiger partial charge is 0.300 e. The lowest BCUT2D eigenvalue weighted by atomic mass is 9.41. The lowest BCUT2D eigenvalue weighted by molar-refractivity contribution is -0.163. The number of carbonyl (C=O) groups excluding carboxylic acids is 2. The molecule has 0 aromatic carbocycles. The lowest BCUT2D eigenvalue weighted by Gasteiger charge is -2.63. The van der Waals surface area contributed by atoms with E-state index in [1.54, 1.807) is 0 Å². The molecule has 0 spiro atoms. The quantitative estimate of drug-likeness (QED) is 0.657. The first kappa shape index (κ1) is 14.9. The standard InChI is InChI=1S/C20H30O2/c1-18-9-7-14-15-4-5-17(22)19(15,2)10-8-16(14)20(18,3)11-6-13(21)12-18/h14-16H,4-12H2,1-3H3/t14-,15-,16-,18-,19+,20-/m1/s1. The summed E-state index contributed by atoms with van der Waals surface area (Å²) in [6, 6.07) is 0. The average molecular weight is 302 g/mol. The van der Waals surface area contributed by atoms with E-state index in [9.17, 15) is 9.59 Å². The molecule has 6 atom stereocenters. The van der Waals surface area contributed by atoms with Gasteiger partial charge in [0.05, 0.1) is 0 Å². The summed E-state index contributed by atoms with van der Waals surface area (Å²) in [6.45, 7) is 7.12. The third-order valence-electron chi connectivity index (χ3n) is 8.88. The van der Waals surface area contributed by atoms with E-state index in [-0.39, 0.29) is 10.8 Å². The number of hydrogen-bond donors (Lipinski definition) is 0. The van der Waals surface area contributed by atoms with Gasteiger partial charge in [-0.15, -0.1) is 0 Å². The predicted molar refractivity (Wildman–Crippen MR) is 86.4 cm³/mol. The van der Waals surface area contributed by atoms with Crippen LogP contribution >= 0.6 is 0 Å². The van der Waals surface area contributed by atoms with E-state index in [0.29, 0.717) is 22.9 Å². The third-order valence-corrected chi connectivity index (χ3v) is 8.88. The van der Waals surface area contributed by atoms with Gasteiger partial charge in [-0.3, -0.25) is 9.59 Å². The fourth-order valence-electron chi connectivity index (χ4n) is 7.17. The number of ketones is 2. The Morgan fingerprint density at radius 1 is 0.864 bits per heavy atom. The van der Waals surface area contributed by atoms with Gasteiger partial charge in [0.1, 0.15) is 11.6 Å². The van der Waals surface area contributed by atoms with Crippen LogP contribution in [0.1, 0.15) is 78.6 Å². The van der Waals surface area contributed by atoms with Crippen molar-refractivity contribution >= 4 is 11.6 Å². The van der Waals surface area contributed by atoms with E-state index < -0.39 is 0 Å². The first-order chi connectivity index (χ1) is 10.3. The highest BCUT2D eigenvalue weighted by atomic mass is 16.1. The van der Waals surface area contributed by atoms with Crippen molar-refractivity contribution in [3.63, 3.8) is 0 Å². The molecule has 0 saturated heterocycles. The Kier molecular flexibility index (Phi) is 3.02. The van der Waals surface area contributed by atoms with Crippen LogP contribution in [0.2, 0.25) is 0 Å². The molecule has 4 fully saturated rings. The molecule has 2 nitrogen and oxygen atoms in total.